The molecule has 5 rings (SSSR count). The molecule has 0 fully saturated rings. The first-order chi connectivity index (χ1) is 26.2. The Hall–Kier alpha value is -5.38. The maximum Gasteiger partial charge on any atom is 0.404 e. The van der Waals surface area contributed by atoms with Crippen LogP contribution in [0.3, 0.4) is 0 Å². The highest BCUT2D eigenvalue weighted by atomic mass is 16.5. The number of hydrogen-bond donors (Lipinski definition) is 4. The predicted octanol–water partition coefficient (Wildman–Crippen LogP) is 9.05. The summed E-state index contributed by atoms with van der Waals surface area (Å²) in [6.45, 7) is 10.7. The standard InChI is InChI=1S/C44H54N2O8/c1-5-15-51-39-31-11-9-12-32(39)24-36-20-30(28-46-44(49)50)22-38(42(36)54-18-8-4)26-34-14-10-13-33(40(34)52-16-6-2)25-37-21-29(27-45-43(47)48)19-35(23-31)41(37)53-17-7-3/h9-14,19-22,45-46H,5-8,15-18,23-28H2,1-4H3,(H,47,48)(H,49,50). The monoisotopic (exact) mass is 738 g/mol. The number of fused-ring (bicyclic) bond motifs is 8. The van der Waals surface area contributed by atoms with E-state index in [2.05, 4.69) is 62.6 Å². The van der Waals surface area contributed by atoms with Crippen molar-refractivity contribution in [3.8, 4) is 23.0 Å². The van der Waals surface area contributed by atoms with E-state index in [9.17, 15) is 19.8 Å². The van der Waals surface area contributed by atoms with Gasteiger partial charge in [0.05, 0.1) is 26.4 Å². The second-order valence-corrected chi connectivity index (χ2v) is 13.7. The van der Waals surface area contributed by atoms with Crippen molar-refractivity contribution >= 4 is 12.2 Å². The van der Waals surface area contributed by atoms with Crippen LogP contribution in [0, 0.1) is 0 Å². The molecule has 0 atom stereocenters. The van der Waals surface area contributed by atoms with E-state index in [1.165, 1.54) is 0 Å². The Balaban J connectivity index is 1.82. The van der Waals surface area contributed by atoms with E-state index in [1.54, 1.807) is 0 Å². The molecule has 4 aromatic carbocycles. The van der Waals surface area contributed by atoms with Gasteiger partial charge in [-0.3, -0.25) is 0 Å². The molecule has 1 aliphatic carbocycles. The summed E-state index contributed by atoms with van der Waals surface area (Å²) in [6, 6.07) is 20.6. The molecule has 2 amide bonds. The molecule has 8 bridgehead atoms. The summed E-state index contributed by atoms with van der Waals surface area (Å²) in [7, 11) is 0. The van der Waals surface area contributed by atoms with Crippen molar-refractivity contribution in [1.29, 1.82) is 0 Å². The van der Waals surface area contributed by atoms with E-state index < -0.39 is 12.2 Å². The normalized spacial score (nSPS) is 12.1. The van der Waals surface area contributed by atoms with Gasteiger partial charge >= 0.3 is 12.2 Å². The smallest absolute Gasteiger partial charge is 0.404 e. The number of benzene rings is 4. The average molecular weight is 739 g/mol. The van der Waals surface area contributed by atoms with Crippen molar-refractivity contribution < 1.29 is 38.7 Å². The third-order valence-corrected chi connectivity index (χ3v) is 9.17. The fraction of sp³-hybridized carbons (Fsp3) is 0.409. The van der Waals surface area contributed by atoms with Crippen molar-refractivity contribution in [3.63, 3.8) is 0 Å². The molecule has 4 aromatic rings. The van der Waals surface area contributed by atoms with Gasteiger partial charge in [0.1, 0.15) is 23.0 Å². The lowest BCUT2D eigenvalue weighted by Crippen LogP contribution is -2.20. The number of hydrogen-bond acceptors (Lipinski definition) is 6. The number of carbonyl (C=O) groups is 2. The Kier molecular flexibility index (Phi) is 14.5. The molecule has 0 radical (unpaired) electrons. The van der Waals surface area contributed by atoms with E-state index in [0.29, 0.717) is 52.1 Å². The predicted molar refractivity (Wildman–Crippen MR) is 210 cm³/mol. The number of nitrogens with one attached hydrogen (secondary N) is 2. The van der Waals surface area contributed by atoms with Crippen LogP contribution in [0.2, 0.25) is 0 Å². The lowest BCUT2D eigenvalue weighted by molar-refractivity contribution is 0.192. The molecule has 4 N–H and O–H groups in total. The molecule has 0 spiro atoms. The Morgan fingerprint density at radius 1 is 0.481 bits per heavy atom. The number of ether oxygens (including phenoxy) is 4. The van der Waals surface area contributed by atoms with Gasteiger partial charge in [0.2, 0.25) is 0 Å². The molecule has 0 saturated carbocycles. The van der Waals surface area contributed by atoms with Crippen LogP contribution in [-0.4, -0.2) is 48.8 Å². The maximum absolute atomic E-state index is 11.6. The van der Waals surface area contributed by atoms with Gasteiger partial charge in [-0.15, -0.1) is 0 Å². The van der Waals surface area contributed by atoms with Crippen LogP contribution in [0.25, 0.3) is 0 Å². The Bertz CT molecular complexity index is 1680. The van der Waals surface area contributed by atoms with Crippen molar-refractivity contribution in [1.82, 2.24) is 10.6 Å². The number of para-hydroxylation sites is 2. The van der Waals surface area contributed by atoms with Crippen molar-refractivity contribution in [2.24, 2.45) is 0 Å². The van der Waals surface area contributed by atoms with Crippen LogP contribution in [0.1, 0.15) is 109 Å². The van der Waals surface area contributed by atoms with Gasteiger partial charge in [-0.1, -0.05) is 64.1 Å². The van der Waals surface area contributed by atoms with E-state index in [-0.39, 0.29) is 13.1 Å². The third kappa shape index (κ3) is 10.4. The quantitative estimate of drug-likeness (QED) is 0.0788. The largest absolute Gasteiger partial charge is 0.493 e. The minimum Gasteiger partial charge on any atom is -0.493 e. The summed E-state index contributed by atoms with van der Waals surface area (Å²) in [5.74, 6) is 3.16. The molecule has 288 valence electrons. The molecule has 10 heteroatoms. The molecule has 54 heavy (non-hydrogen) atoms. The van der Waals surface area contributed by atoms with Gasteiger partial charge in [-0.25, -0.2) is 9.59 Å². The summed E-state index contributed by atoms with van der Waals surface area (Å²) in [6.07, 6.45) is 3.10. The van der Waals surface area contributed by atoms with Gasteiger partial charge < -0.3 is 39.8 Å². The van der Waals surface area contributed by atoms with Crippen molar-refractivity contribution in [3.05, 3.63) is 116 Å². The van der Waals surface area contributed by atoms with Crippen LogP contribution in [0.5, 0.6) is 23.0 Å². The zero-order valence-electron chi connectivity index (χ0n) is 32.0. The molecule has 10 nitrogen and oxygen atoms in total. The van der Waals surface area contributed by atoms with Gasteiger partial charge in [0.25, 0.3) is 0 Å². The van der Waals surface area contributed by atoms with Gasteiger partial charge in [0.15, 0.2) is 0 Å². The molecule has 0 saturated heterocycles. The maximum atomic E-state index is 11.6. The van der Waals surface area contributed by atoms with Gasteiger partial charge in [-0.05, 0) is 106 Å². The first-order valence-electron chi connectivity index (χ1n) is 19.2. The van der Waals surface area contributed by atoms with Crippen LogP contribution in [-0.2, 0) is 38.8 Å². The summed E-state index contributed by atoms with van der Waals surface area (Å²) in [4.78, 5) is 23.3. The highest BCUT2D eigenvalue weighted by molar-refractivity contribution is 5.65. The highest BCUT2D eigenvalue weighted by Crippen LogP contribution is 2.40. The molecule has 0 unspecified atom stereocenters. The van der Waals surface area contributed by atoms with Gasteiger partial charge in [0, 0.05) is 38.8 Å². The van der Waals surface area contributed by atoms with E-state index in [0.717, 1.165) is 104 Å². The van der Waals surface area contributed by atoms with E-state index >= 15 is 0 Å². The Labute approximate surface area is 318 Å². The Morgan fingerprint density at radius 3 is 0.981 bits per heavy atom. The lowest BCUT2D eigenvalue weighted by atomic mass is 9.89. The van der Waals surface area contributed by atoms with Gasteiger partial charge in [-0.2, -0.15) is 0 Å². The highest BCUT2D eigenvalue weighted by Gasteiger charge is 2.23. The number of amides is 2. The van der Waals surface area contributed by atoms with E-state index in [4.69, 9.17) is 18.9 Å². The minimum atomic E-state index is -1.09. The second-order valence-electron chi connectivity index (χ2n) is 13.7. The second kappa shape index (κ2) is 19.6. The van der Waals surface area contributed by atoms with Crippen LogP contribution in [0.15, 0.2) is 60.7 Å². The Morgan fingerprint density at radius 2 is 0.741 bits per heavy atom. The number of carboxylic acid groups (broad SMARTS) is 2. The first kappa shape index (κ1) is 39.8. The SMILES string of the molecule is CCCOc1c2cccc1Cc1cc(CNC(=O)O)cc(c1OCCC)Cc1cccc(c1OCCC)Cc1cc(CNC(=O)O)cc(c1OCCC)C2. The van der Waals surface area contributed by atoms with Crippen molar-refractivity contribution in [2.45, 2.75) is 92.2 Å². The molecule has 0 aliphatic heterocycles. The average Bonchev–Trinajstić information content (AvgIpc) is 3.14. The van der Waals surface area contributed by atoms with E-state index in [1.807, 2.05) is 36.4 Å². The molecular weight excluding hydrogens is 684 g/mol. The molecular formula is C44H54N2O8. The van der Waals surface area contributed by atoms with Crippen LogP contribution >= 0.6 is 0 Å². The van der Waals surface area contributed by atoms with Crippen molar-refractivity contribution in [2.75, 3.05) is 26.4 Å². The number of rotatable bonds is 16. The summed E-state index contributed by atoms with van der Waals surface area (Å²) < 4.78 is 26.3. The third-order valence-electron chi connectivity index (χ3n) is 9.17. The fourth-order valence-electron chi connectivity index (χ4n) is 6.95. The summed E-state index contributed by atoms with van der Waals surface area (Å²) in [5, 5.41) is 24.2. The zero-order valence-corrected chi connectivity index (χ0v) is 32.0. The topological polar surface area (TPSA) is 136 Å². The summed E-state index contributed by atoms with van der Waals surface area (Å²) in [5.41, 5.74) is 9.37. The lowest BCUT2D eigenvalue weighted by Gasteiger charge is -2.24. The molecule has 0 heterocycles. The van der Waals surface area contributed by atoms with Crippen LogP contribution < -0.4 is 29.6 Å². The molecule has 0 aromatic heterocycles. The summed E-state index contributed by atoms with van der Waals surface area (Å²) >= 11 is 0. The zero-order chi connectivity index (χ0) is 38.5. The van der Waals surface area contributed by atoms with Crippen LogP contribution in [0.4, 0.5) is 9.59 Å². The molecule has 1 aliphatic rings. The minimum absolute atomic E-state index is 0.149. The first-order valence-corrected chi connectivity index (χ1v) is 19.2. The fourth-order valence-corrected chi connectivity index (χ4v) is 6.95.